The first kappa shape index (κ1) is 14.5. The van der Waals surface area contributed by atoms with Crippen molar-refractivity contribution in [1.82, 2.24) is 4.98 Å². The van der Waals surface area contributed by atoms with Crippen LogP contribution in [0, 0.1) is 5.82 Å². The second-order valence-electron chi connectivity index (χ2n) is 5.38. The average molecular weight is 303 g/mol. The first-order valence-corrected chi connectivity index (χ1v) is 8.23. The highest BCUT2D eigenvalue weighted by Crippen LogP contribution is 2.34. The molecule has 1 N–H and O–H groups in total. The average Bonchev–Trinajstić information content (AvgIpc) is 2.52. The number of aryl methyl sites for hydroxylation is 1. The quantitative estimate of drug-likeness (QED) is 0.872. The maximum atomic E-state index is 13.2. The third kappa shape index (κ3) is 3.44. The van der Waals surface area contributed by atoms with E-state index in [0.717, 1.165) is 29.9 Å². The molecule has 1 aliphatic rings. The molecule has 0 bridgehead atoms. The Labute approximate surface area is 128 Å². The van der Waals surface area contributed by atoms with Gasteiger partial charge in [0.1, 0.15) is 5.82 Å². The number of hydrogen-bond donors (Lipinski definition) is 1. The van der Waals surface area contributed by atoms with Gasteiger partial charge in [-0.05, 0) is 49.1 Å². The molecule has 110 valence electrons. The van der Waals surface area contributed by atoms with E-state index in [1.54, 1.807) is 12.3 Å². The topological polar surface area (TPSA) is 33.1 Å². The van der Waals surface area contributed by atoms with Crippen molar-refractivity contribution in [3.63, 3.8) is 0 Å². The third-order valence-corrected chi connectivity index (χ3v) is 5.02. The summed E-state index contributed by atoms with van der Waals surface area (Å²) in [5.74, 6) is 0.416. The van der Waals surface area contributed by atoms with Crippen LogP contribution in [0.15, 0.2) is 47.5 Å². The van der Waals surface area contributed by atoms with E-state index in [2.05, 4.69) is 11.1 Å². The molecule has 1 heterocycles. The minimum Gasteiger partial charge on any atom is -0.392 e. The molecule has 2 nitrogen and oxygen atoms in total. The van der Waals surface area contributed by atoms with Gasteiger partial charge in [0.15, 0.2) is 0 Å². The highest BCUT2D eigenvalue weighted by Gasteiger charge is 2.27. The lowest BCUT2D eigenvalue weighted by molar-refractivity contribution is 0.155. The number of thioether (sulfide) groups is 1. The molecule has 2 atom stereocenters. The van der Waals surface area contributed by atoms with Gasteiger partial charge in [-0.15, -0.1) is 11.8 Å². The molecule has 0 spiro atoms. The number of benzene rings is 1. The molecule has 0 radical (unpaired) electrons. The third-order valence-electron chi connectivity index (χ3n) is 3.92. The van der Waals surface area contributed by atoms with Gasteiger partial charge in [0, 0.05) is 28.5 Å². The fraction of sp³-hybridized carbons (Fsp3) is 0.353. The Morgan fingerprint density at radius 2 is 2.24 bits per heavy atom. The lowest BCUT2D eigenvalue weighted by Gasteiger charge is -2.28. The molecule has 0 saturated heterocycles. The highest BCUT2D eigenvalue weighted by atomic mass is 32.2. The second-order valence-corrected chi connectivity index (χ2v) is 6.48. The monoisotopic (exact) mass is 303 g/mol. The summed E-state index contributed by atoms with van der Waals surface area (Å²) in [4.78, 5) is 5.31. The Kier molecular flexibility index (Phi) is 4.56. The first-order valence-electron chi connectivity index (χ1n) is 7.24. The number of hydrogen-bond acceptors (Lipinski definition) is 3. The van der Waals surface area contributed by atoms with Crippen molar-refractivity contribution in [2.24, 2.45) is 0 Å². The molecule has 0 aliphatic heterocycles. The summed E-state index contributed by atoms with van der Waals surface area (Å²) in [6, 6.07) is 10.6. The zero-order valence-corrected chi connectivity index (χ0v) is 12.5. The van der Waals surface area contributed by atoms with Gasteiger partial charge in [0.2, 0.25) is 0 Å². The van der Waals surface area contributed by atoms with Gasteiger partial charge in [0.05, 0.1) is 6.10 Å². The summed E-state index contributed by atoms with van der Waals surface area (Å²) in [6.45, 7) is 0. The van der Waals surface area contributed by atoms with Crippen molar-refractivity contribution in [2.75, 3.05) is 5.75 Å². The summed E-state index contributed by atoms with van der Waals surface area (Å²) in [5.41, 5.74) is 2.29. The Balaban J connectivity index is 1.67. The van der Waals surface area contributed by atoms with Crippen LogP contribution in [0.2, 0.25) is 0 Å². The molecular weight excluding hydrogens is 285 g/mol. The van der Waals surface area contributed by atoms with E-state index in [4.69, 9.17) is 0 Å². The number of halogens is 1. The molecular formula is C17H18FNOS. The SMILES string of the molecule is OC(CSc1cccc(F)c1)C1CCCc2cccnc21. The molecule has 3 rings (SSSR count). The van der Waals surface area contributed by atoms with Crippen LogP contribution in [0.5, 0.6) is 0 Å². The molecule has 1 aromatic heterocycles. The summed E-state index contributed by atoms with van der Waals surface area (Å²) in [7, 11) is 0. The van der Waals surface area contributed by atoms with Crippen molar-refractivity contribution >= 4 is 11.8 Å². The molecule has 1 aliphatic carbocycles. The number of aliphatic hydroxyl groups is 1. The fourth-order valence-electron chi connectivity index (χ4n) is 2.87. The van der Waals surface area contributed by atoms with E-state index in [-0.39, 0.29) is 11.7 Å². The number of aromatic nitrogens is 1. The molecule has 21 heavy (non-hydrogen) atoms. The molecule has 0 fully saturated rings. The summed E-state index contributed by atoms with van der Waals surface area (Å²) < 4.78 is 13.2. The van der Waals surface area contributed by atoms with Crippen molar-refractivity contribution < 1.29 is 9.50 Å². The number of nitrogens with zero attached hydrogens (tertiary/aromatic N) is 1. The van der Waals surface area contributed by atoms with Gasteiger partial charge < -0.3 is 5.11 Å². The predicted molar refractivity (Wildman–Crippen MR) is 83.0 cm³/mol. The molecule has 2 unspecified atom stereocenters. The Hall–Kier alpha value is -1.39. The van der Waals surface area contributed by atoms with E-state index in [9.17, 15) is 9.50 Å². The highest BCUT2D eigenvalue weighted by molar-refractivity contribution is 7.99. The lowest BCUT2D eigenvalue weighted by atomic mass is 9.84. The van der Waals surface area contributed by atoms with Crippen LogP contribution < -0.4 is 0 Å². The van der Waals surface area contributed by atoms with Crippen molar-refractivity contribution in [3.8, 4) is 0 Å². The van der Waals surface area contributed by atoms with E-state index in [0.29, 0.717) is 5.75 Å². The van der Waals surface area contributed by atoms with Gasteiger partial charge in [-0.1, -0.05) is 12.1 Å². The van der Waals surface area contributed by atoms with Crippen LogP contribution >= 0.6 is 11.8 Å². The number of rotatable bonds is 4. The van der Waals surface area contributed by atoms with E-state index in [1.807, 2.05) is 12.1 Å². The van der Waals surface area contributed by atoms with Crippen molar-refractivity contribution in [2.45, 2.75) is 36.2 Å². The van der Waals surface area contributed by atoms with Crippen LogP contribution in [-0.4, -0.2) is 21.9 Å². The van der Waals surface area contributed by atoms with E-state index < -0.39 is 6.10 Å². The maximum absolute atomic E-state index is 13.2. The summed E-state index contributed by atoms with van der Waals surface area (Å²) in [6.07, 6.45) is 4.44. The fourth-order valence-corrected chi connectivity index (χ4v) is 3.84. The zero-order chi connectivity index (χ0) is 14.7. The van der Waals surface area contributed by atoms with Crippen molar-refractivity contribution in [1.29, 1.82) is 0 Å². The van der Waals surface area contributed by atoms with Crippen LogP contribution in [0.4, 0.5) is 4.39 Å². The zero-order valence-electron chi connectivity index (χ0n) is 11.7. The normalized spacial score (nSPS) is 19.0. The summed E-state index contributed by atoms with van der Waals surface area (Å²) in [5, 5.41) is 10.5. The van der Waals surface area contributed by atoms with E-state index in [1.165, 1.54) is 29.5 Å². The maximum Gasteiger partial charge on any atom is 0.124 e. The van der Waals surface area contributed by atoms with Crippen molar-refractivity contribution in [3.05, 3.63) is 59.7 Å². The van der Waals surface area contributed by atoms with Gasteiger partial charge in [-0.25, -0.2) is 4.39 Å². The number of pyridine rings is 1. The number of fused-ring (bicyclic) bond motifs is 1. The van der Waals surface area contributed by atoms with Crippen LogP contribution in [0.25, 0.3) is 0 Å². The van der Waals surface area contributed by atoms with Gasteiger partial charge in [-0.3, -0.25) is 4.98 Å². The Bertz CT molecular complexity index is 619. The van der Waals surface area contributed by atoms with E-state index >= 15 is 0 Å². The molecule has 1 aromatic carbocycles. The van der Waals surface area contributed by atoms with Crippen LogP contribution in [-0.2, 0) is 6.42 Å². The molecule has 0 saturated carbocycles. The Morgan fingerprint density at radius 3 is 3.10 bits per heavy atom. The lowest BCUT2D eigenvalue weighted by Crippen LogP contribution is -2.26. The molecule has 2 aromatic rings. The minimum atomic E-state index is -0.452. The number of aliphatic hydroxyl groups excluding tert-OH is 1. The van der Waals surface area contributed by atoms with Crippen LogP contribution in [0.3, 0.4) is 0 Å². The largest absolute Gasteiger partial charge is 0.392 e. The first-order chi connectivity index (χ1) is 10.2. The van der Waals surface area contributed by atoms with Gasteiger partial charge >= 0.3 is 0 Å². The minimum absolute atomic E-state index is 0.0935. The molecule has 0 amide bonds. The predicted octanol–water partition coefficient (Wildman–Crippen LogP) is 3.79. The Morgan fingerprint density at radius 1 is 1.33 bits per heavy atom. The van der Waals surface area contributed by atoms with Crippen LogP contribution in [0.1, 0.15) is 30.0 Å². The summed E-state index contributed by atoms with van der Waals surface area (Å²) >= 11 is 1.49. The molecule has 4 heteroatoms. The smallest absolute Gasteiger partial charge is 0.124 e. The second kappa shape index (κ2) is 6.58. The standard InChI is InChI=1S/C17H18FNOS/c18-13-6-2-7-14(10-13)21-11-16(20)15-8-1-4-12-5-3-9-19-17(12)15/h2-3,5-7,9-10,15-16,20H,1,4,8,11H2. The van der Waals surface area contributed by atoms with Gasteiger partial charge in [-0.2, -0.15) is 0 Å². The van der Waals surface area contributed by atoms with Gasteiger partial charge in [0.25, 0.3) is 0 Å².